The number of rotatable bonds is 5. The first kappa shape index (κ1) is 16.4. The molecule has 1 fully saturated rings. The molecule has 1 saturated heterocycles. The Bertz CT molecular complexity index is 371. The van der Waals surface area contributed by atoms with Gasteiger partial charge >= 0.3 is 12.0 Å². The zero-order valence-electron chi connectivity index (χ0n) is 12.0. The van der Waals surface area contributed by atoms with Crippen molar-refractivity contribution in [3.05, 3.63) is 0 Å². The van der Waals surface area contributed by atoms with Gasteiger partial charge in [-0.15, -0.1) is 0 Å². The fourth-order valence-corrected chi connectivity index (χ4v) is 2.35. The molecule has 1 atom stereocenters. The first-order valence-corrected chi connectivity index (χ1v) is 6.94. The Morgan fingerprint density at radius 3 is 2.60 bits per heavy atom. The summed E-state index contributed by atoms with van der Waals surface area (Å²) in [5.41, 5.74) is 0. The van der Waals surface area contributed by atoms with Crippen molar-refractivity contribution in [2.24, 2.45) is 0 Å². The van der Waals surface area contributed by atoms with Crippen LogP contribution in [0, 0.1) is 0 Å². The second-order valence-corrected chi connectivity index (χ2v) is 5.39. The van der Waals surface area contributed by atoms with Gasteiger partial charge in [-0.1, -0.05) is 6.42 Å². The van der Waals surface area contributed by atoms with Gasteiger partial charge in [0.1, 0.15) is 0 Å². The van der Waals surface area contributed by atoms with Crippen LogP contribution in [0.1, 0.15) is 39.5 Å². The minimum absolute atomic E-state index is 0.0332. The molecule has 0 bridgehead atoms. The molecule has 0 aromatic carbocycles. The lowest BCUT2D eigenvalue weighted by Crippen LogP contribution is -2.50. The number of carboxylic acids is 1. The van der Waals surface area contributed by atoms with Gasteiger partial charge in [0.15, 0.2) is 0 Å². The maximum Gasteiger partial charge on any atom is 0.321 e. The molecule has 0 aromatic heterocycles. The van der Waals surface area contributed by atoms with Gasteiger partial charge in [0.2, 0.25) is 5.91 Å². The second-order valence-electron chi connectivity index (χ2n) is 5.39. The number of hydrogen-bond acceptors (Lipinski definition) is 4. The number of carbonyl (C=O) groups is 3. The van der Waals surface area contributed by atoms with Gasteiger partial charge < -0.3 is 10.4 Å². The summed E-state index contributed by atoms with van der Waals surface area (Å²) in [5.74, 6) is -1.26. The summed E-state index contributed by atoms with van der Waals surface area (Å²) in [5, 5.41) is 13.7. The van der Waals surface area contributed by atoms with Crippen molar-refractivity contribution < 1.29 is 19.5 Å². The maximum absolute atomic E-state index is 11.8. The highest BCUT2D eigenvalue weighted by atomic mass is 16.4. The molecule has 1 unspecified atom stereocenters. The summed E-state index contributed by atoms with van der Waals surface area (Å²) in [7, 11) is 0. The number of aliphatic carboxylic acids is 1. The molecule has 7 nitrogen and oxygen atoms in total. The monoisotopic (exact) mass is 285 g/mol. The van der Waals surface area contributed by atoms with Gasteiger partial charge in [0.05, 0.1) is 13.0 Å². The third-order valence-electron chi connectivity index (χ3n) is 3.18. The molecule has 7 heteroatoms. The van der Waals surface area contributed by atoms with E-state index in [1.807, 2.05) is 4.90 Å². The van der Waals surface area contributed by atoms with Gasteiger partial charge in [-0.05, 0) is 33.2 Å². The fourth-order valence-electron chi connectivity index (χ4n) is 2.35. The summed E-state index contributed by atoms with van der Waals surface area (Å²) in [4.78, 5) is 35.8. The van der Waals surface area contributed by atoms with E-state index in [1.165, 1.54) is 0 Å². The number of amides is 3. The average molecular weight is 285 g/mol. The van der Waals surface area contributed by atoms with Gasteiger partial charge in [0.25, 0.3) is 0 Å². The van der Waals surface area contributed by atoms with E-state index in [9.17, 15) is 14.4 Å². The quantitative estimate of drug-likeness (QED) is 0.685. The summed E-state index contributed by atoms with van der Waals surface area (Å²) in [6, 6.07) is -0.686. The van der Waals surface area contributed by atoms with Crippen molar-refractivity contribution in [3.8, 4) is 0 Å². The number of carbonyl (C=O) groups excluding carboxylic acids is 2. The maximum atomic E-state index is 11.8. The summed E-state index contributed by atoms with van der Waals surface area (Å²) >= 11 is 0. The molecular weight excluding hydrogens is 262 g/mol. The molecule has 1 aliphatic rings. The van der Waals surface area contributed by atoms with Gasteiger partial charge in [-0.3, -0.25) is 19.8 Å². The molecule has 0 aliphatic carbocycles. The van der Waals surface area contributed by atoms with Crippen molar-refractivity contribution >= 4 is 17.9 Å². The van der Waals surface area contributed by atoms with Crippen LogP contribution in [-0.4, -0.2) is 53.1 Å². The predicted molar refractivity (Wildman–Crippen MR) is 73.3 cm³/mol. The van der Waals surface area contributed by atoms with E-state index in [-0.39, 0.29) is 25.0 Å². The number of hydrogen-bond donors (Lipinski definition) is 3. The molecule has 20 heavy (non-hydrogen) atoms. The van der Waals surface area contributed by atoms with Crippen LogP contribution in [0.15, 0.2) is 0 Å². The molecule has 0 radical (unpaired) electrons. The fraction of sp³-hybridized carbons (Fsp3) is 0.769. The number of piperidine rings is 1. The number of nitrogens with one attached hydrogen (secondary N) is 2. The smallest absolute Gasteiger partial charge is 0.321 e. The normalized spacial score (nSPS) is 19.6. The highest BCUT2D eigenvalue weighted by molar-refractivity contribution is 5.95. The number of carboxylic acid groups (broad SMARTS) is 1. The highest BCUT2D eigenvalue weighted by Gasteiger charge is 2.26. The van der Waals surface area contributed by atoms with Crippen LogP contribution < -0.4 is 10.6 Å². The molecule has 1 heterocycles. The minimum atomic E-state index is -0.861. The van der Waals surface area contributed by atoms with E-state index in [0.29, 0.717) is 6.54 Å². The first-order valence-electron chi connectivity index (χ1n) is 6.94. The largest absolute Gasteiger partial charge is 0.481 e. The van der Waals surface area contributed by atoms with Crippen molar-refractivity contribution in [2.45, 2.75) is 51.6 Å². The van der Waals surface area contributed by atoms with E-state index in [0.717, 1.165) is 19.3 Å². The van der Waals surface area contributed by atoms with Gasteiger partial charge in [-0.25, -0.2) is 4.79 Å². The van der Waals surface area contributed by atoms with Crippen LogP contribution in [0.3, 0.4) is 0 Å². The van der Waals surface area contributed by atoms with Crippen LogP contribution in [0.25, 0.3) is 0 Å². The Labute approximate surface area is 118 Å². The van der Waals surface area contributed by atoms with Gasteiger partial charge in [0, 0.05) is 12.1 Å². The Morgan fingerprint density at radius 2 is 2.00 bits per heavy atom. The lowest BCUT2D eigenvalue weighted by molar-refractivity contribution is -0.139. The van der Waals surface area contributed by atoms with Crippen molar-refractivity contribution in [1.82, 2.24) is 15.5 Å². The van der Waals surface area contributed by atoms with Crippen molar-refractivity contribution in [1.29, 1.82) is 0 Å². The molecule has 1 aliphatic heterocycles. The van der Waals surface area contributed by atoms with Crippen molar-refractivity contribution in [3.63, 3.8) is 0 Å². The predicted octanol–water partition coefficient (Wildman–Crippen LogP) is 0.550. The van der Waals surface area contributed by atoms with E-state index in [4.69, 9.17) is 5.11 Å². The van der Waals surface area contributed by atoms with Crippen LogP contribution in [0.2, 0.25) is 0 Å². The molecule has 3 N–H and O–H groups in total. The zero-order valence-corrected chi connectivity index (χ0v) is 12.0. The van der Waals surface area contributed by atoms with E-state index in [1.54, 1.807) is 13.8 Å². The SMILES string of the molecule is CC(C)NC(=O)NC(=O)CN1CCCCC1CC(=O)O. The number of likely N-dealkylation sites (tertiary alicyclic amines) is 1. The van der Waals surface area contributed by atoms with Crippen molar-refractivity contribution in [2.75, 3.05) is 13.1 Å². The molecular formula is C13H23N3O4. The first-order chi connectivity index (χ1) is 9.38. The van der Waals surface area contributed by atoms with Crippen LogP contribution in [0.5, 0.6) is 0 Å². The molecule has 114 valence electrons. The number of nitrogens with zero attached hydrogens (tertiary/aromatic N) is 1. The Hall–Kier alpha value is -1.63. The molecule has 0 aromatic rings. The summed E-state index contributed by atoms with van der Waals surface area (Å²) in [6.07, 6.45) is 2.73. The Kier molecular flexibility index (Phi) is 6.44. The second kappa shape index (κ2) is 7.84. The third-order valence-corrected chi connectivity index (χ3v) is 3.18. The molecule has 1 rings (SSSR count). The number of urea groups is 1. The Balaban J connectivity index is 2.45. The van der Waals surface area contributed by atoms with Crippen LogP contribution >= 0.6 is 0 Å². The molecule has 0 spiro atoms. The van der Waals surface area contributed by atoms with E-state index >= 15 is 0 Å². The summed E-state index contributed by atoms with van der Waals surface area (Å²) in [6.45, 7) is 4.36. The minimum Gasteiger partial charge on any atom is -0.481 e. The lowest BCUT2D eigenvalue weighted by atomic mass is 9.99. The standard InChI is InChI=1S/C13H23N3O4/c1-9(2)14-13(20)15-11(17)8-16-6-4-3-5-10(16)7-12(18)19/h9-10H,3-8H2,1-2H3,(H,18,19)(H2,14,15,17,20). The Morgan fingerprint density at radius 1 is 1.30 bits per heavy atom. The zero-order chi connectivity index (χ0) is 15.1. The highest BCUT2D eigenvalue weighted by Crippen LogP contribution is 2.19. The van der Waals surface area contributed by atoms with Crippen LogP contribution in [0.4, 0.5) is 4.79 Å². The molecule has 0 saturated carbocycles. The van der Waals surface area contributed by atoms with Gasteiger partial charge in [-0.2, -0.15) is 0 Å². The lowest BCUT2D eigenvalue weighted by Gasteiger charge is -2.34. The van der Waals surface area contributed by atoms with E-state index < -0.39 is 17.9 Å². The van der Waals surface area contributed by atoms with E-state index in [2.05, 4.69) is 10.6 Å². The molecule has 3 amide bonds. The third kappa shape index (κ3) is 6.01. The average Bonchev–Trinajstić information content (AvgIpc) is 2.29. The summed E-state index contributed by atoms with van der Waals surface area (Å²) < 4.78 is 0. The topological polar surface area (TPSA) is 98.7 Å². The van der Waals surface area contributed by atoms with Crippen LogP contribution in [-0.2, 0) is 9.59 Å². The number of imide groups is 1.